The van der Waals surface area contributed by atoms with Crippen LogP contribution < -0.4 is 10.6 Å². The van der Waals surface area contributed by atoms with Crippen molar-refractivity contribution in [1.82, 2.24) is 14.6 Å². The number of sulfonamides is 1. The first-order valence-electron chi connectivity index (χ1n) is 13.2. The zero-order chi connectivity index (χ0) is 31.1. The number of rotatable bonds is 10. The number of esters is 1. The smallest absolute Gasteiger partial charge is 0.328 e. The Bertz CT molecular complexity index is 1660. The number of hydrogen-bond donors (Lipinski definition) is 2. The van der Waals surface area contributed by atoms with Crippen molar-refractivity contribution in [2.75, 3.05) is 18.5 Å². The molecule has 2 unspecified atom stereocenters. The predicted molar refractivity (Wildman–Crippen MR) is 159 cm³/mol. The molecule has 0 saturated carbocycles. The molecule has 2 aromatic carbocycles. The number of ether oxygens (including phenoxy) is 1. The maximum atomic E-state index is 13.4. The van der Waals surface area contributed by atoms with Gasteiger partial charge in [0.15, 0.2) is 0 Å². The quantitative estimate of drug-likeness (QED) is 0.314. The lowest BCUT2D eigenvalue weighted by Crippen LogP contribution is -2.51. The number of pyridine rings is 1. The number of benzene rings is 2. The van der Waals surface area contributed by atoms with Crippen LogP contribution in [-0.2, 0) is 30.8 Å². The van der Waals surface area contributed by atoms with Crippen molar-refractivity contribution >= 4 is 56.7 Å². The predicted octanol–water partition coefficient (Wildman–Crippen LogP) is 3.96. The van der Waals surface area contributed by atoms with Gasteiger partial charge in [-0.2, -0.15) is 9.57 Å². The van der Waals surface area contributed by atoms with Crippen LogP contribution in [0, 0.1) is 11.3 Å². The van der Waals surface area contributed by atoms with E-state index < -0.39 is 39.9 Å². The minimum Gasteiger partial charge on any atom is -0.464 e. The standard InChI is InChI=1S/C29H27Cl2N5O6S/c1-2-42-29(39)24(14-18-8-10-20(11-9-18)34-28(38)26-22(30)16-33-17-23(26)31)35-27(37)25-7-4-12-36(25)43(40,41)21-6-3-5-19(13-21)15-32/h3,5-6,8-11,13,16-17,24-25H,2,4,7,12,14H2,1H3,(H,34,38)(H,35,37). The SMILES string of the molecule is CCOC(=O)C(Cc1ccc(NC(=O)c2c(Cl)cncc2Cl)cc1)NC(=O)C1CCCN1S(=O)(=O)c1cccc(C#N)c1. The molecule has 1 aromatic heterocycles. The summed E-state index contributed by atoms with van der Waals surface area (Å²) in [5.74, 6) is -1.84. The van der Waals surface area contributed by atoms with E-state index in [1.165, 1.54) is 36.7 Å². The van der Waals surface area contributed by atoms with Crippen molar-refractivity contribution in [3.8, 4) is 6.07 Å². The van der Waals surface area contributed by atoms with Crippen molar-refractivity contribution in [3.05, 3.63) is 87.7 Å². The number of nitrogens with one attached hydrogen (secondary N) is 2. The summed E-state index contributed by atoms with van der Waals surface area (Å²) in [7, 11) is -4.08. The number of aromatic nitrogens is 1. The van der Waals surface area contributed by atoms with Gasteiger partial charge in [-0.1, -0.05) is 41.4 Å². The molecule has 2 atom stereocenters. The third-order valence-corrected chi connectivity index (χ3v) is 9.17. The molecule has 11 nitrogen and oxygen atoms in total. The first-order valence-corrected chi connectivity index (χ1v) is 15.4. The largest absolute Gasteiger partial charge is 0.464 e. The average Bonchev–Trinajstić information content (AvgIpc) is 3.49. The van der Waals surface area contributed by atoms with Crippen LogP contribution in [-0.4, -0.2) is 60.7 Å². The molecule has 3 aromatic rings. The van der Waals surface area contributed by atoms with Gasteiger partial charge in [0.1, 0.15) is 12.1 Å². The van der Waals surface area contributed by atoms with Crippen molar-refractivity contribution in [1.29, 1.82) is 5.26 Å². The Morgan fingerprint density at radius 2 is 1.84 bits per heavy atom. The summed E-state index contributed by atoms with van der Waals surface area (Å²) in [6.45, 7) is 1.83. The van der Waals surface area contributed by atoms with Gasteiger partial charge in [0.25, 0.3) is 5.91 Å². The Kier molecular flexibility index (Phi) is 10.4. The fraction of sp³-hybridized carbons (Fsp3) is 0.276. The van der Waals surface area contributed by atoms with Crippen LogP contribution in [0.15, 0.2) is 65.8 Å². The molecule has 0 spiro atoms. The van der Waals surface area contributed by atoms with Crippen LogP contribution in [0.3, 0.4) is 0 Å². The monoisotopic (exact) mass is 643 g/mol. The molecular formula is C29H27Cl2N5O6S. The molecule has 1 aliphatic rings. The third-order valence-electron chi connectivity index (χ3n) is 6.70. The van der Waals surface area contributed by atoms with Crippen molar-refractivity contribution in [2.45, 2.75) is 43.2 Å². The van der Waals surface area contributed by atoms with E-state index in [4.69, 9.17) is 27.9 Å². The van der Waals surface area contributed by atoms with Gasteiger partial charge in [0, 0.05) is 31.0 Å². The maximum absolute atomic E-state index is 13.4. The zero-order valence-corrected chi connectivity index (χ0v) is 25.2. The van der Waals surface area contributed by atoms with E-state index in [0.29, 0.717) is 17.7 Å². The first-order chi connectivity index (χ1) is 20.5. The molecule has 1 saturated heterocycles. The molecule has 1 fully saturated rings. The summed E-state index contributed by atoms with van der Waals surface area (Å²) in [5.41, 5.74) is 1.33. The zero-order valence-electron chi connectivity index (χ0n) is 22.9. The molecular weight excluding hydrogens is 617 g/mol. The Hall–Kier alpha value is -4.02. The highest BCUT2D eigenvalue weighted by atomic mass is 35.5. The third kappa shape index (κ3) is 7.50. The van der Waals surface area contributed by atoms with Crippen molar-refractivity contribution < 1.29 is 27.5 Å². The second-order valence-corrected chi connectivity index (χ2v) is 12.3. The van der Waals surface area contributed by atoms with Gasteiger partial charge in [-0.05, 0) is 55.7 Å². The fourth-order valence-corrected chi connectivity index (χ4v) is 6.88. The van der Waals surface area contributed by atoms with Crippen LogP contribution in [0.4, 0.5) is 5.69 Å². The summed E-state index contributed by atoms with van der Waals surface area (Å²) in [6.07, 6.45) is 3.37. The van der Waals surface area contributed by atoms with Crippen LogP contribution in [0.2, 0.25) is 10.0 Å². The number of anilines is 1. The van der Waals surface area contributed by atoms with Crippen LogP contribution in [0.5, 0.6) is 0 Å². The molecule has 43 heavy (non-hydrogen) atoms. The van der Waals surface area contributed by atoms with E-state index in [1.807, 2.05) is 6.07 Å². The average molecular weight is 645 g/mol. The second kappa shape index (κ2) is 14.0. The number of hydrogen-bond acceptors (Lipinski definition) is 8. The molecule has 0 bridgehead atoms. The van der Waals surface area contributed by atoms with E-state index >= 15 is 0 Å². The van der Waals surface area contributed by atoms with Gasteiger partial charge in [-0.3, -0.25) is 14.6 Å². The normalized spacial score (nSPS) is 15.7. The van der Waals surface area contributed by atoms with Crippen LogP contribution >= 0.6 is 23.2 Å². The Morgan fingerprint density at radius 1 is 1.14 bits per heavy atom. The molecule has 1 aliphatic heterocycles. The lowest BCUT2D eigenvalue weighted by atomic mass is 10.0. The fourth-order valence-electron chi connectivity index (χ4n) is 4.64. The highest BCUT2D eigenvalue weighted by Gasteiger charge is 2.40. The summed E-state index contributed by atoms with van der Waals surface area (Å²) in [5, 5.41) is 14.7. The lowest BCUT2D eigenvalue weighted by molar-refractivity contribution is -0.147. The molecule has 2 N–H and O–H groups in total. The molecule has 224 valence electrons. The molecule has 14 heteroatoms. The lowest BCUT2D eigenvalue weighted by Gasteiger charge is -2.25. The first kappa shape index (κ1) is 31.9. The van der Waals surface area contributed by atoms with Gasteiger partial charge in [0.05, 0.1) is 38.7 Å². The van der Waals surface area contributed by atoms with E-state index in [1.54, 1.807) is 31.2 Å². The highest BCUT2D eigenvalue weighted by Crippen LogP contribution is 2.27. The van der Waals surface area contributed by atoms with Gasteiger partial charge >= 0.3 is 5.97 Å². The van der Waals surface area contributed by atoms with E-state index in [-0.39, 0.29) is 52.1 Å². The summed E-state index contributed by atoms with van der Waals surface area (Å²) in [6, 6.07) is 11.9. The maximum Gasteiger partial charge on any atom is 0.328 e. The summed E-state index contributed by atoms with van der Waals surface area (Å²) in [4.78, 5) is 42.6. The van der Waals surface area contributed by atoms with E-state index in [9.17, 15) is 28.1 Å². The Balaban J connectivity index is 1.47. The minimum atomic E-state index is -4.08. The van der Waals surface area contributed by atoms with Crippen LogP contribution in [0.25, 0.3) is 0 Å². The topological polar surface area (TPSA) is 159 Å². The molecule has 2 heterocycles. The number of nitrogens with zero attached hydrogens (tertiary/aromatic N) is 3. The Labute approximate surface area is 258 Å². The van der Waals surface area contributed by atoms with E-state index in [0.717, 1.165) is 4.31 Å². The number of halogens is 2. The molecule has 2 amide bonds. The molecule has 4 rings (SSSR count). The molecule has 0 aliphatic carbocycles. The van der Waals surface area contributed by atoms with E-state index in [2.05, 4.69) is 15.6 Å². The number of carbonyl (C=O) groups is 3. The number of nitriles is 1. The highest BCUT2D eigenvalue weighted by molar-refractivity contribution is 7.89. The second-order valence-electron chi connectivity index (χ2n) is 9.56. The van der Waals surface area contributed by atoms with Gasteiger partial charge in [-0.25, -0.2) is 13.2 Å². The van der Waals surface area contributed by atoms with Gasteiger partial charge in [-0.15, -0.1) is 0 Å². The minimum absolute atomic E-state index is 0.0461. The van der Waals surface area contributed by atoms with Crippen molar-refractivity contribution in [3.63, 3.8) is 0 Å². The Morgan fingerprint density at radius 3 is 2.49 bits per heavy atom. The summed E-state index contributed by atoms with van der Waals surface area (Å²) < 4.78 is 33.0. The van der Waals surface area contributed by atoms with Gasteiger partial charge in [0.2, 0.25) is 15.9 Å². The van der Waals surface area contributed by atoms with Gasteiger partial charge < -0.3 is 15.4 Å². The van der Waals surface area contributed by atoms with Crippen LogP contribution in [0.1, 0.15) is 41.3 Å². The number of amides is 2. The van der Waals surface area contributed by atoms with Crippen molar-refractivity contribution in [2.24, 2.45) is 0 Å². The number of carbonyl (C=O) groups excluding carboxylic acids is 3. The summed E-state index contributed by atoms with van der Waals surface area (Å²) >= 11 is 12.1. The molecule has 0 radical (unpaired) electrons.